The van der Waals surface area contributed by atoms with Crippen LogP contribution in [0.5, 0.6) is 0 Å². The van der Waals surface area contributed by atoms with Gasteiger partial charge in [-0.25, -0.2) is 0 Å². The van der Waals surface area contributed by atoms with E-state index in [-0.39, 0.29) is 12.3 Å². The molecule has 0 radical (unpaired) electrons. The number of benzene rings is 1. The van der Waals surface area contributed by atoms with E-state index in [1.165, 1.54) is 0 Å². The Morgan fingerprint density at radius 3 is 2.24 bits per heavy atom. The number of carboxylic acids is 1. The molecule has 1 aromatic carbocycles. The van der Waals surface area contributed by atoms with E-state index >= 15 is 0 Å². The molecule has 0 aromatic heterocycles. The Kier molecular flexibility index (Phi) is 5.30. The molecule has 1 heterocycles. The van der Waals surface area contributed by atoms with E-state index in [0.29, 0.717) is 31.7 Å². The van der Waals surface area contributed by atoms with E-state index in [0.717, 1.165) is 18.7 Å². The van der Waals surface area contributed by atoms with Crippen LogP contribution in [-0.4, -0.2) is 59.5 Å². The smallest absolute Gasteiger partial charge is 0.304 e. The highest BCUT2D eigenvalue weighted by Crippen LogP contribution is 2.10. The van der Waals surface area contributed by atoms with Crippen molar-refractivity contribution in [3.63, 3.8) is 0 Å². The lowest BCUT2D eigenvalue weighted by molar-refractivity contribution is -0.137. The van der Waals surface area contributed by atoms with E-state index in [9.17, 15) is 9.59 Å². The standard InChI is InChI=1S/C15H21N3O3/c16-11-12-1-3-13(4-2-12)15(21)18-9-7-17(8-10-18)6-5-14(19)20/h1-4H,5-11,16H2,(H,19,20). The van der Waals surface area contributed by atoms with Crippen molar-refractivity contribution in [2.45, 2.75) is 13.0 Å². The van der Waals surface area contributed by atoms with Gasteiger partial charge in [-0.05, 0) is 17.7 Å². The molecule has 1 aromatic rings. The van der Waals surface area contributed by atoms with Crippen LogP contribution >= 0.6 is 0 Å². The van der Waals surface area contributed by atoms with Gasteiger partial charge >= 0.3 is 5.97 Å². The number of carbonyl (C=O) groups excluding carboxylic acids is 1. The molecule has 1 fully saturated rings. The number of aliphatic carboxylic acids is 1. The fourth-order valence-electron chi connectivity index (χ4n) is 2.39. The summed E-state index contributed by atoms with van der Waals surface area (Å²) in [5.41, 5.74) is 7.22. The summed E-state index contributed by atoms with van der Waals surface area (Å²) in [4.78, 5) is 26.8. The van der Waals surface area contributed by atoms with Crippen molar-refractivity contribution in [1.29, 1.82) is 0 Å². The Hall–Kier alpha value is -1.92. The number of nitrogens with zero attached hydrogens (tertiary/aromatic N) is 2. The zero-order valence-corrected chi connectivity index (χ0v) is 12.0. The Labute approximate surface area is 124 Å². The summed E-state index contributed by atoms with van der Waals surface area (Å²) in [7, 11) is 0. The number of hydrogen-bond acceptors (Lipinski definition) is 4. The number of piperazine rings is 1. The third-order valence-corrected chi connectivity index (χ3v) is 3.74. The van der Waals surface area contributed by atoms with Gasteiger partial charge in [-0.15, -0.1) is 0 Å². The molecule has 0 saturated carbocycles. The predicted octanol–water partition coefficient (Wildman–Crippen LogP) is 0.378. The quantitative estimate of drug-likeness (QED) is 0.819. The van der Waals surface area contributed by atoms with Gasteiger partial charge in [0.25, 0.3) is 5.91 Å². The van der Waals surface area contributed by atoms with Gasteiger partial charge in [0.05, 0.1) is 6.42 Å². The van der Waals surface area contributed by atoms with Crippen LogP contribution in [0.15, 0.2) is 24.3 Å². The van der Waals surface area contributed by atoms with Crippen LogP contribution in [0.4, 0.5) is 0 Å². The van der Waals surface area contributed by atoms with Crippen LogP contribution < -0.4 is 5.73 Å². The largest absolute Gasteiger partial charge is 0.481 e. The maximum Gasteiger partial charge on any atom is 0.304 e. The Balaban J connectivity index is 1.86. The predicted molar refractivity (Wildman–Crippen MR) is 78.9 cm³/mol. The van der Waals surface area contributed by atoms with Gasteiger partial charge in [0, 0.05) is 44.8 Å². The molecule has 21 heavy (non-hydrogen) atoms. The number of carbonyl (C=O) groups is 2. The van der Waals surface area contributed by atoms with Crippen molar-refractivity contribution in [2.24, 2.45) is 5.73 Å². The van der Waals surface area contributed by atoms with Gasteiger partial charge < -0.3 is 15.7 Å². The van der Waals surface area contributed by atoms with Crippen molar-refractivity contribution >= 4 is 11.9 Å². The third-order valence-electron chi connectivity index (χ3n) is 3.74. The summed E-state index contributed by atoms with van der Waals surface area (Å²) in [6, 6.07) is 7.36. The molecule has 6 heteroatoms. The highest BCUT2D eigenvalue weighted by molar-refractivity contribution is 5.94. The minimum Gasteiger partial charge on any atom is -0.481 e. The molecule has 1 aliphatic heterocycles. The summed E-state index contributed by atoms with van der Waals surface area (Å²) in [6.07, 6.45) is 0.147. The summed E-state index contributed by atoms with van der Waals surface area (Å²) in [5, 5.41) is 8.68. The number of amides is 1. The normalized spacial score (nSPS) is 16.0. The maximum absolute atomic E-state index is 12.4. The zero-order chi connectivity index (χ0) is 15.2. The molecule has 0 unspecified atom stereocenters. The number of nitrogens with two attached hydrogens (primary N) is 1. The first-order chi connectivity index (χ1) is 10.1. The van der Waals surface area contributed by atoms with Gasteiger partial charge in [-0.3, -0.25) is 14.5 Å². The van der Waals surface area contributed by atoms with Gasteiger partial charge in [0.2, 0.25) is 0 Å². The van der Waals surface area contributed by atoms with Crippen LogP contribution in [0.2, 0.25) is 0 Å². The lowest BCUT2D eigenvalue weighted by atomic mass is 10.1. The molecular formula is C15H21N3O3. The fraction of sp³-hybridized carbons (Fsp3) is 0.467. The first-order valence-corrected chi connectivity index (χ1v) is 7.12. The lowest BCUT2D eigenvalue weighted by Gasteiger charge is -2.34. The summed E-state index contributed by atoms with van der Waals surface area (Å²) < 4.78 is 0. The van der Waals surface area contributed by atoms with Gasteiger partial charge in [0.1, 0.15) is 0 Å². The number of carboxylic acid groups (broad SMARTS) is 1. The van der Waals surface area contributed by atoms with E-state index in [1.807, 2.05) is 17.0 Å². The minimum atomic E-state index is -0.784. The van der Waals surface area contributed by atoms with Gasteiger partial charge in [-0.1, -0.05) is 12.1 Å². The molecule has 1 aliphatic rings. The van der Waals surface area contributed by atoms with Crippen LogP contribution in [-0.2, 0) is 11.3 Å². The van der Waals surface area contributed by atoms with Gasteiger partial charge in [-0.2, -0.15) is 0 Å². The van der Waals surface area contributed by atoms with E-state index < -0.39 is 5.97 Å². The third kappa shape index (κ3) is 4.27. The monoisotopic (exact) mass is 291 g/mol. The Morgan fingerprint density at radius 1 is 1.10 bits per heavy atom. The lowest BCUT2D eigenvalue weighted by Crippen LogP contribution is -2.49. The molecule has 0 aliphatic carbocycles. The highest BCUT2D eigenvalue weighted by atomic mass is 16.4. The molecule has 1 saturated heterocycles. The SMILES string of the molecule is NCc1ccc(C(=O)N2CCN(CCC(=O)O)CC2)cc1. The summed E-state index contributed by atoms with van der Waals surface area (Å²) >= 11 is 0. The second kappa shape index (κ2) is 7.19. The van der Waals surface area contributed by atoms with Crippen LogP contribution in [0.3, 0.4) is 0 Å². The first-order valence-electron chi connectivity index (χ1n) is 7.12. The number of hydrogen-bond donors (Lipinski definition) is 2. The van der Waals surface area contributed by atoms with Crippen molar-refractivity contribution in [1.82, 2.24) is 9.80 Å². The Morgan fingerprint density at radius 2 is 1.71 bits per heavy atom. The van der Waals surface area contributed by atoms with E-state index in [4.69, 9.17) is 10.8 Å². The summed E-state index contributed by atoms with van der Waals surface area (Å²) in [6.45, 7) is 3.73. The second-order valence-corrected chi connectivity index (χ2v) is 5.18. The van der Waals surface area contributed by atoms with Crippen molar-refractivity contribution in [3.8, 4) is 0 Å². The average molecular weight is 291 g/mol. The molecular weight excluding hydrogens is 270 g/mol. The number of rotatable bonds is 5. The van der Waals surface area contributed by atoms with Crippen molar-refractivity contribution < 1.29 is 14.7 Å². The molecule has 1 amide bonds. The maximum atomic E-state index is 12.4. The minimum absolute atomic E-state index is 0.0245. The molecule has 6 nitrogen and oxygen atoms in total. The molecule has 114 valence electrons. The zero-order valence-electron chi connectivity index (χ0n) is 12.0. The van der Waals surface area contributed by atoms with E-state index in [2.05, 4.69) is 4.90 Å². The Bertz CT molecular complexity index is 493. The highest BCUT2D eigenvalue weighted by Gasteiger charge is 2.22. The van der Waals surface area contributed by atoms with Crippen LogP contribution in [0, 0.1) is 0 Å². The van der Waals surface area contributed by atoms with Crippen molar-refractivity contribution in [3.05, 3.63) is 35.4 Å². The molecule has 3 N–H and O–H groups in total. The summed E-state index contributed by atoms with van der Waals surface area (Å²) in [5.74, 6) is -0.759. The molecule has 0 atom stereocenters. The van der Waals surface area contributed by atoms with Gasteiger partial charge in [0.15, 0.2) is 0 Å². The fourth-order valence-corrected chi connectivity index (χ4v) is 2.39. The molecule has 2 rings (SSSR count). The molecule has 0 spiro atoms. The molecule has 0 bridgehead atoms. The average Bonchev–Trinajstić information content (AvgIpc) is 2.53. The first kappa shape index (κ1) is 15.5. The topological polar surface area (TPSA) is 86.9 Å². The van der Waals surface area contributed by atoms with E-state index in [1.54, 1.807) is 12.1 Å². The van der Waals surface area contributed by atoms with Crippen molar-refractivity contribution in [2.75, 3.05) is 32.7 Å². The van der Waals surface area contributed by atoms with Crippen LogP contribution in [0.1, 0.15) is 22.3 Å². The van der Waals surface area contributed by atoms with Crippen LogP contribution in [0.25, 0.3) is 0 Å². The second-order valence-electron chi connectivity index (χ2n) is 5.18.